The summed E-state index contributed by atoms with van der Waals surface area (Å²) in [5, 5.41) is 6.95. The lowest BCUT2D eigenvalue weighted by molar-refractivity contribution is -0.117. The summed E-state index contributed by atoms with van der Waals surface area (Å²) in [5.41, 5.74) is 4.43. The first-order valence-electron chi connectivity index (χ1n) is 8.83. The first kappa shape index (κ1) is 19.3. The highest BCUT2D eigenvalue weighted by atomic mass is 16.5. The van der Waals surface area contributed by atoms with E-state index in [1.54, 1.807) is 31.4 Å². The van der Waals surface area contributed by atoms with Crippen LogP contribution in [0.2, 0.25) is 0 Å². The molecule has 0 saturated heterocycles. The Morgan fingerprint density at radius 3 is 2.32 bits per heavy atom. The van der Waals surface area contributed by atoms with E-state index in [4.69, 9.17) is 4.74 Å². The number of carbonyl (C=O) groups is 1. The zero-order valence-electron chi connectivity index (χ0n) is 16.3. The molecule has 1 aromatic heterocycles. The van der Waals surface area contributed by atoms with Crippen LogP contribution in [0.15, 0.2) is 47.4 Å². The van der Waals surface area contributed by atoms with Crippen molar-refractivity contribution in [2.45, 2.75) is 27.3 Å². The third-order valence-electron chi connectivity index (χ3n) is 4.38. The molecule has 3 aromatic rings. The van der Waals surface area contributed by atoms with Gasteiger partial charge < -0.3 is 10.1 Å². The van der Waals surface area contributed by atoms with Gasteiger partial charge >= 0.3 is 5.69 Å². The van der Waals surface area contributed by atoms with E-state index in [0.717, 1.165) is 32.6 Å². The lowest BCUT2D eigenvalue weighted by Crippen LogP contribution is -2.31. The largest absolute Gasteiger partial charge is 0.497 e. The lowest BCUT2D eigenvalue weighted by atomic mass is 10.1. The number of benzene rings is 2. The summed E-state index contributed by atoms with van der Waals surface area (Å²) in [6.45, 7) is 5.67. The van der Waals surface area contributed by atoms with E-state index >= 15 is 0 Å². The SMILES string of the molecule is COc1ccc(-c2cnn(CC(=O)Nc3c(C)cc(C)cc3C)c(=O)n2)cc1. The van der Waals surface area contributed by atoms with Crippen LogP contribution >= 0.6 is 0 Å². The zero-order valence-corrected chi connectivity index (χ0v) is 16.3. The van der Waals surface area contributed by atoms with Crippen LogP contribution < -0.4 is 15.7 Å². The average molecular weight is 378 g/mol. The molecule has 3 rings (SSSR count). The fourth-order valence-electron chi connectivity index (χ4n) is 3.06. The Morgan fingerprint density at radius 1 is 1.11 bits per heavy atom. The second-order valence-electron chi connectivity index (χ2n) is 6.63. The van der Waals surface area contributed by atoms with Crippen molar-refractivity contribution < 1.29 is 9.53 Å². The molecule has 0 aliphatic carbocycles. The predicted octanol–water partition coefficient (Wildman–Crippen LogP) is 2.88. The Bertz CT molecular complexity index is 1050. The number of nitrogens with zero attached hydrogens (tertiary/aromatic N) is 3. The van der Waals surface area contributed by atoms with Crippen molar-refractivity contribution in [3.05, 3.63) is 69.8 Å². The van der Waals surface area contributed by atoms with Gasteiger partial charge in [-0.1, -0.05) is 17.7 Å². The van der Waals surface area contributed by atoms with E-state index in [1.165, 1.54) is 6.20 Å². The molecule has 7 heteroatoms. The highest BCUT2D eigenvalue weighted by Crippen LogP contribution is 2.22. The van der Waals surface area contributed by atoms with Gasteiger partial charge in [0.15, 0.2) is 0 Å². The van der Waals surface area contributed by atoms with Gasteiger partial charge in [0.05, 0.1) is 19.0 Å². The lowest BCUT2D eigenvalue weighted by Gasteiger charge is -2.13. The predicted molar refractivity (Wildman–Crippen MR) is 108 cm³/mol. The molecule has 0 radical (unpaired) electrons. The minimum absolute atomic E-state index is 0.207. The number of hydrogen-bond donors (Lipinski definition) is 1. The number of aryl methyl sites for hydroxylation is 3. The van der Waals surface area contributed by atoms with Gasteiger partial charge in [0.2, 0.25) is 5.91 Å². The van der Waals surface area contributed by atoms with E-state index in [-0.39, 0.29) is 12.5 Å². The zero-order chi connectivity index (χ0) is 20.3. The van der Waals surface area contributed by atoms with E-state index in [9.17, 15) is 9.59 Å². The Hall–Kier alpha value is -3.48. The van der Waals surface area contributed by atoms with E-state index in [1.807, 2.05) is 32.9 Å². The van der Waals surface area contributed by atoms with Crippen LogP contribution in [0.25, 0.3) is 11.3 Å². The van der Waals surface area contributed by atoms with Crippen LogP contribution in [0, 0.1) is 20.8 Å². The molecule has 28 heavy (non-hydrogen) atoms. The van der Waals surface area contributed by atoms with E-state index in [2.05, 4.69) is 15.4 Å². The van der Waals surface area contributed by atoms with Crippen LogP contribution in [0.5, 0.6) is 5.75 Å². The number of ether oxygens (including phenoxy) is 1. The van der Waals surface area contributed by atoms with Crippen LogP contribution in [-0.2, 0) is 11.3 Å². The number of hydrogen-bond acceptors (Lipinski definition) is 5. The van der Waals surface area contributed by atoms with Gasteiger partial charge in [0.25, 0.3) is 0 Å². The normalized spacial score (nSPS) is 10.6. The standard InChI is InChI=1S/C21H22N4O3/c1-13-9-14(2)20(15(3)10-13)24-19(26)12-25-21(27)23-18(11-22-25)16-5-7-17(28-4)8-6-16/h5-11H,12H2,1-4H3,(H,24,26). The first-order chi connectivity index (χ1) is 13.4. The quantitative estimate of drug-likeness (QED) is 0.738. The minimum Gasteiger partial charge on any atom is -0.497 e. The maximum absolute atomic E-state index is 12.4. The molecular weight excluding hydrogens is 356 g/mol. The molecule has 0 bridgehead atoms. The summed E-state index contributed by atoms with van der Waals surface area (Å²) in [5.74, 6) is 0.382. The summed E-state index contributed by atoms with van der Waals surface area (Å²) in [6.07, 6.45) is 1.47. The summed E-state index contributed by atoms with van der Waals surface area (Å²) < 4.78 is 6.16. The Balaban J connectivity index is 1.76. The summed E-state index contributed by atoms with van der Waals surface area (Å²) in [6, 6.07) is 11.1. The minimum atomic E-state index is -0.583. The van der Waals surface area contributed by atoms with Crippen molar-refractivity contribution in [2.75, 3.05) is 12.4 Å². The van der Waals surface area contributed by atoms with Gasteiger partial charge in [0.1, 0.15) is 12.3 Å². The Kier molecular flexibility index (Phi) is 5.54. The fraction of sp³-hybridized carbons (Fsp3) is 0.238. The monoisotopic (exact) mass is 378 g/mol. The third kappa shape index (κ3) is 4.25. The number of amides is 1. The summed E-state index contributed by atoms with van der Waals surface area (Å²) >= 11 is 0. The first-order valence-corrected chi connectivity index (χ1v) is 8.83. The number of nitrogens with one attached hydrogen (secondary N) is 1. The number of methoxy groups -OCH3 is 1. The molecule has 1 N–H and O–H groups in total. The molecule has 0 aliphatic rings. The molecule has 0 unspecified atom stereocenters. The number of carbonyl (C=O) groups excluding carboxylic acids is 1. The van der Waals surface area contributed by atoms with Crippen molar-refractivity contribution in [1.29, 1.82) is 0 Å². The number of aromatic nitrogens is 3. The van der Waals surface area contributed by atoms with Gasteiger partial charge in [-0.05, 0) is 56.2 Å². The van der Waals surface area contributed by atoms with Gasteiger partial charge in [-0.15, -0.1) is 0 Å². The highest BCUT2D eigenvalue weighted by molar-refractivity contribution is 5.92. The average Bonchev–Trinajstić information content (AvgIpc) is 2.66. The van der Waals surface area contributed by atoms with Crippen LogP contribution in [0.3, 0.4) is 0 Å². The maximum Gasteiger partial charge on any atom is 0.365 e. The molecule has 1 amide bonds. The van der Waals surface area contributed by atoms with E-state index in [0.29, 0.717) is 11.4 Å². The second-order valence-corrected chi connectivity index (χ2v) is 6.63. The van der Waals surface area contributed by atoms with Crippen molar-refractivity contribution in [3.8, 4) is 17.0 Å². The molecule has 0 fully saturated rings. The van der Waals surface area contributed by atoms with Crippen LogP contribution in [0.4, 0.5) is 5.69 Å². The second kappa shape index (κ2) is 8.04. The molecule has 0 saturated carbocycles. The van der Waals surface area contributed by atoms with Gasteiger partial charge in [-0.3, -0.25) is 4.79 Å². The molecule has 0 aliphatic heterocycles. The van der Waals surface area contributed by atoms with Crippen LogP contribution in [0.1, 0.15) is 16.7 Å². The van der Waals surface area contributed by atoms with E-state index < -0.39 is 5.69 Å². The molecule has 0 spiro atoms. The van der Waals surface area contributed by atoms with Gasteiger partial charge in [-0.25, -0.2) is 9.48 Å². The van der Waals surface area contributed by atoms with Crippen molar-refractivity contribution in [1.82, 2.24) is 14.8 Å². The van der Waals surface area contributed by atoms with Crippen molar-refractivity contribution in [2.24, 2.45) is 0 Å². The summed E-state index contributed by atoms with van der Waals surface area (Å²) in [4.78, 5) is 28.7. The Labute approximate surface area is 163 Å². The fourth-order valence-corrected chi connectivity index (χ4v) is 3.06. The maximum atomic E-state index is 12.4. The Morgan fingerprint density at radius 2 is 1.75 bits per heavy atom. The number of rotatable bonds is 5. The van der Waals surface area contributed by atoms with Gasteiger partial charge in [0, 0.05) is 11.3 Å². The van der Waals surface area contributed by atoms with Crippen molar-refractivity contribution >= 4 is 11.6 Å². The molecule has 1 heterocycles. The molecular formula is C21H22N4O3. The molecule has 7 nitrogen and oxygen atoms in total. The molecule has 144 valence electrons. The smallest absolute Gasteiger partial charge is 0.365 e. The third-order valence-corrected chi connectivity index (χ3v) is 4.38. The van der Waals surface area contributed by atoms with Crippen molar-refractivity contribution in [3.63, 3.8) is 0 Å². The topological polar surface area (TPSA) is 86.1 Å². The molecule has 2 aromatic carbocycles. The summed E-state index contributed by atoms with van der Waals surface area (Å²) in [7, 11) is 1.58. The molecule has 0 atom stereocenters. The highest BCUT2D eigenvalue weighted by Gasteiger charge is 2.12. The number of anilines is 1. The van der Waals surface area contributed by atoms with Gasteiger partial charge in [-0.2, -0.15) is 10.1 Å². The van der Waals surface area contributed by atoms with Crippen LogP contribution in [-0.4, -0.2) is 27.8 Å².